The average Bonchev–Trinajstić information content (AvgIpc) is 2.66. The van der Waals surface area contributed by atoms with Gasteiger partial charge in [0, 0.05) is 26.3 Å². The van der Waals surface area contributed by atoms with E-state index in [2.05, 4.69) is 12.1 Å². The van der Waals surface area contributed by atoms with Crippen molar-refractivity contribution >= 4 is 6.09 Å². The molecule has 0 atom stereocenters. The molecule has 28 heavy (non-hydrogen) atoms. The Bertz CT molecular complexity index is 550. The van der Waals surface area contributed by atoms with Gasteiger partial charge in [-0.25, -0.2) is 4.79 Å². The zero-order chi connectivity index (χ0) is 20.2. The smallest absolute Gasteiger partial charge is 0.410 e. The molecule has 1 fully saturated rings. The van der Waals surface area contributed by atoms with Crippen molar-refractivity contribution in [2.24, 2.45) is 0 Å². The predicted molar refractivity (Wildman–Crippen MR) is 108 cm³/mol. The van der Waals surface area contributed by atoms with Crippen molar-refractivity contribution in [3.63, 3.8) is 0 Å². The van der Waals surface area contributed by atoms with Crippen molar-refractivity contribution < 1.29 is 23.7 Å². The second kappa shape index (κ2) is 12.0. The predicted octanol–water partition coefficient (Wildman–Crippen LogP) is 4.03. The van der Waals surface area contributed by atoms with Crippen LogP contribution in [0.15, 0.2) is 30.3 Å². The van der Waals surface area contributed by atoms with E-state index in [9.17, 15) is 4.79 Å². The van der Waals surface area contributed by atoms with Crippen molar-refractivity contribution in [3.8, 4) is 0 Å². The lowest BCUT2D eigenvalue weighted by Gasteiger charge is -2.33. The first kappa shape index (κ1) is 22.7. The van der Waals surface area contributed by atoms with Crippen molar-refractivity contribution in [2.45, 2.75) is 58.3 Å². The van der Waals surface area contributed by atoms with Gasteiger partial charge in [-0.1, -0.05) is 30.3 Å². The number of benzene rings is 1. The van der Waals surface area contributed by atoms with Crippen LogP contribution < -0.4 is 0 Å². The van der Waals surface area contributed by atoms with Crippen LogP contribution in [-0.4, -0.2) is 62.2 Å². The Hall–Kier alpha value is -1.63. The summed E-state index contributed by atoms with van der Waals surface area (Å²) in [7, 11) is 0. The van der Waals surface area contributed by atoms with Gasteiger partial charge in [-0.2, -0.15) is 0 Å². The van der Waals surface area contributed by atoms with E-state index in [0.29, 0.717) is 46.1 Å². The summed E-state index contributed by atoms with van der Waals surface area (Å²) in [6.07, 6.45) is 2.51. The molecule has 0 unspecified atom stereocenters. The minimum Gasteiger partial charge on any atom is -0.444 e. The van der Waals surface area contributed by atoms with Crippen LogP contribution in [0.5, 0.6) is 0 Å². The number of likely N-dealkylation sites (tertiary alicyclic amines) is 1. The topological polar surface area (TPSA) is 57.2 Å². The van der Waals surface area contributed by atoms with E-state index in [0.717, 1.165) is 19.3 Å². The van der Waals surface area contributed by atoms with E-state index in [4.69, 9.17) is 18.9 Å². The third-order valence-corrected chi connectivity index (χ3v) is 4.36. The van der Waals surface area contributed by atoms with Crippen LogP contribution in [0.25, 0.3) is 0 Å². The number of carbonyl (C=O) groups is 1. The molecule has 1 aromatic rings. The zero-order valence-corrected chi connectivity index (χ0v) is 17.5. The molecule has 1 amide bonds. The quantitative estimate of drug-likeness (QED) is 0.562. The lowest BCUT2D eigenvalue weighted by atomic mass is 10.1. The van der Waals surface area contributed by atoms with Gasteiger partial charge in [0.05, 0.1) is 25.9 Å². The minimum absolute atomic E-state index is 0.191. The molecule has 0 aromatic heterocycles. The van der Waals surface area contributed by atoms with Gasteiger partial charge in [0.2, 0.25) is 0 Å². The van der Waals surface area contributed by atoms with Gasteiger partial charge < -0.3 is 23.8 Å². The van der Waals surface area contributed by atoms with E-state index in [-0.39, 0.29) is 12.2 Å². The highest BCUT2D eigenvalue weighted by atomic mass is 16.6. The molecule has 0 aliphatic carbocycles. The molecule has 6 heteroatoms. The Morgan fingerprint density at radius 1 is 1.00 bits per heavy atom. The van der Waals surface area contributed by atoms with Crippen LogP contribution in [0.4, 0.5) is 4.79 Å². The largest absolute Gasteiger partial charge is 0.444 e. The third kappa shape index (κ3) is 9.53. The molecule has 0 saturated carbocycles. The summed E-state index contributed by atoms with van der Waals surface area (Å²) in [5.74, 6) is 0. The molecule has 2 rings (SSSR count). The molecule has 0 N–H and O–H groups in total. The third-order valence-electron chi connectivity index (χ3n) is 4.36. The van der Waals surface area contributed by atoms with Crippen molar-refractivity contribution in [1.29, 1.82) is 0 Å². The summed E-state index contributed by atoms with van der Waals surface area (Å²) in [6, 6.07) is 10.2. The van der Waals surface area contributed by atoms with E-state index in [1.165, 1.54) is 5.56 Å². The summed E-state index contributed by atoms with van der Waals surface area (Å²) in [4.78, 5) is 13.8. The van der Waals surface area contributed by atoms with Gasteiger partial charge in [0.1, 0.15) is 5.60 Å². The Morgan fingerprint density at radius 3 is 2.36 bits per heavy atom. The lowest BCUT2D eigenvalue weighted by molar-refractivity contribution is -0.0312. The first-order valence-corrected chi connectivity index (χ1v) is 10.2. The summed E-state index contributed by atoms with van der Waals surface area (Å²) in [6.45, 7) is 10.2. The molecule has 1 saturated heterocycles. The second-order valence-electron chi connectivity index (χ2n) is 8.04. The number of amides is 1. The number of piperidine rings is 1. The van der Waals surface area contributed by atoms with Crippen LogP contribution in [0.2, 0.25) is 0 Å². The molecule has 1 aromatic carbocycles. The Morgan fingerprint density at radius 2 is 1.68 bits per heavy atom. The van der Waals surface area contributed by atoms with Crippen LogP contribution in [0.1, 0.15) is 45.6 Å². The number of hydrogen-bond donors (Lipinski definition) is 0. The molecule has 158 valence electrons. The van der Waals surface area contributed by atoms with Crippen LogP contribution in [-0.2, 0) is 25.6 Å². The molecule has 1 aliphatic heterocycles. The van der Waals surface area contributed by atoms with Gasteiger partial charge in [-0.15, -0.1) is 0 Å². The summed E-state index contributed by atoms with van der Waals surface area (Å²) < 4.78 is 22.5. The number of hydrogen-bond acceptors (Lipinski definition) is 5. The number of rotatable bonds is 10. The lowest BCUT2D eigenvalue weighted by Crippen LogP contribution is -2.43. The highest BCUT2D eigenvalue weighted by Crippen LogP contribution is 2.17. The van der Waals surface area contributed by atoms with Crippen LogP contribution in [0, 0.1) is 0 Å². The molecule has 6 nitrogen and oxygen atoms in total. The first-order chi connectivity index (χ1) is 13.4. The Labute approximate surface area is 169 Å². The van der Waals surface area contributed by atoms with Gasteiger partial charge in [0.25, 0.3) is 0 Å². The van der Waals surface area contributed by atoms with Crippen LogP contribution in [0.3, 0.4) is 0 Å². The van der Waals surface area contributed by atoms with E-state index < -0.39 is 5.60 Å². The maximum Gasteiger partial charge on any atom is 0.410 e. The summed E-state index contributed by atoms with van der Waals surface area (Å²) in [5, 5.41) is 0. The molecule has 0 spiro atoms. The van der Waals surface area contributed by atoms with E-state index in [1.807, 2.05) is 39.0 Å². The fraction of sp³-hybridized carbons (Fsp3) is 0.682. The minimum atomic E-state index is -0.450. The fourth-order valence-corrected chi connectivity index (χ4v) is 2.93. The van der Waals surface area contributed by atoms with E-state index in [1.54, 1.807) is 4.90 Å². The maximum atomic E-state index is 12.0. The molecular weight excluding hydrogens is 358 g/mol. The monoisotopic (exact) mass is 393 g/mol. The standard InChI is InChI=1S/C22H35NO5/c1-22(2,3)28-21(24)23-12-10-20(11-13-23)27-17-16-25-14-7-15-26-18-19-8-5-4-6-9-19/h4-6,8-9,20H,7,10-18H2,1-3H3. The normalized spacial score (nSPS) is 15.6. The summed E-state index contributed by atoms with van der Waals surface area (Å²) >= 11 is 0. The maximum absolute atomic E-state index is 12.0. The van der Waals surface area contributed by atoms with E-state index >= 15 is 0 Å². The molecule has 0 bridgehead atoms. The molecule has 0 radical (unpaired) electrons. The Kier molecular flexibility index (Phi) is 9.75. The first-order valence-electron chi connectivity index (χ1n) is 10.2. The van der Waals surface area contributed by atoms with Crippen LogP contribution >= 0.6 is 0 Å². The molecular formula is C22H35NO5. The highest BCUT2D eigenvalue weighted by molar-refractivity contribution is 5.68. The zero-order valence-electron chi connectivity index (χ0n) is 17.5. The average molecular weight is 394 g/mol. The van der Waals surface area contributed by atoms with Gasteiger partial charge in [-0.3, -0.25) is 0 Å². The SMILES string of the molecule is CC(C)(C)OC(=O)N1CCC(OCCOCCCOCc2ccccc2)CC1. The highest BCUT2D eigenvalue weighted by Gasteiger charge is 2.26. The second-order valence-corrected chi connectivity index (χ2v) is 8.04. The van der Waals surface area contributed by atoms with Gasteiger partial charge in [0.15, 0.2) is 0 Å². The fourth-order valence-electron chi connectivity index (χ4n) is 2.93. The van der Waals surface area contributed by atoms with Crippen molar-refractivity contribution in [2.75, 3.05) is 39.5 Å². The van der Waals surface area contributed by atoms with Crippen molar-refractivity contribution in [1.82, 2.24) is 4.90 Å². The van der Waals surface area contributed by atoms with Gasteiger partial charge in [-0.05, 0) is 45.6 Å². The molecule has 1 heterocycles. The number of ether oxygens (including phenoxy) is 4. The number of nitrogens with zero attached hydrogens (tertiary/aromatic N) is 1. The molecule has 1 aliphatic rings. The summed E-state index contributed by atoms with van der Waals surface area (Å²) in [5.41, 5.74) is 0.739. The number of carbonyl (C=O) groups excluding carboxylic acids is 1. The van der Waals surface area contributed by atoms with Crippen molar-refractivity contribution in [3.05, 3.63) is 35.9 Å². The Balaban J connectivity index is 1.42. The van der Waals surface area contributed by atoms with Gasteiger partial charge >= 0.3 is 6.09 Å².